The van der Waals surface area contributed by atoms with E-state index in [9.17, 15) is 17.6 Å². The number of halogens is 1. The molecule has 5 N–H and O–H groups in total. The highest BCUT2D eigenvalue weighted by Crippen LogP contribution is 2.22. The molecule has 0 spiro atoms. The highest BCUT2D eigenvalue weighted by molar-refractivity contribution is 7.89. The zero-order valence-corrected chi connectivity index (χ0v) is 12.3. The topological polar surface area (TPSA) is 115 Å². The molecule has 1 rings (SSSR count). The van der Waals surface area contributed by atoms with Crippen LogP contribution >= 0.6 is 0 Å². The lowest BCUT2D eigenvalue weighted by atomic mass is 9.93. The largest absolute Gasteiger partial charge is 0.396 e. The van der Waals surface area contributed by atoms with Gasteiger partial charge in [0.1, 0.15) is 5.82 Å². The molecule has 0 heterocycles. The molecule has 0 aromatic heterocycles. The van der Waals surface area contributed by atoms with Crippen LogP contribution in [-0.2, 0) is 14.8 Å². The SMILES string of the molecule is Cc1cc(F)c(N)cc1S(=O)(=O)NCC(C)(C)C(N)=O. The fourth-order valence-corrected chi connectivity index (χ4v) is 2.87. The third-order valence-electron chi connectivity index (χ3n) is 2.95. The van der Waals surface area contributed by atoms with Gasteiger partial charge in [-0.3, -0.25) is 4.79 Å². The van der Waals surface area contributed by atoms with Crippen LogP contribution in [0.4, 0.5) is 10.1 Å². The maximum atomic E-state index is 13.2. The third kappa shape index (κ3) is 3.45. The van der Waals surface area contributed by atoms with Crippen molar-refractivity contribution >= 4 is 21.6 Å². The number of carbonyl (C=O) groups excluding carboxylic acids is 1. The van der Waals surface area contributed by atoms with Crippen molar-refractivity contribution in [3.05, 3.63) is 23.5 Å². The van der Waals surface area contributed by atoms with Gasteiger partial charge in [0, 0.05) is 6.54 Å². The van der Waals surface area contributed by atoms with Crippen LogP contribution in [0.25, 0.3) is 0 Å². The quantitative estimate of drug-likeness (QED) is 0.687. The Kier molecular flexibility index (Phi) is 4.40. The van der Waals surface area contributed by atoms with Crippen LogP contribution in [0.1, 0.15) is 19.4 Å². The Morgan fingerprint density at radius 2 is 1.95 bits per heavy atom. The summed E-state index contributed by atoms with van der Waals surface area (Å²) in [6.07, 6.45) is 0. The number of nitrogen functional groups attached to an aromatic ring is 1. The number of sulfonamides is 1. The summed E-state index contributed by atoms with van der Waals surface area (Å²) < 4.78 is 39.8. The first-order chi connectivity index (χ1) is 8.97. The van der Waals surface area contributed by atoms with Gasteiger partial charge in [-0.2, -0.15) is 0 Å². The molecule has 1 amide bonds. The number of hydrogen-bond acceptors (Lipinski definition) is 4. The zero-order valence-electron chi connectivity index (χ0n) is 11.5. The smallest absolute Gasteiger partial charge is 0.240 e. The number of nitrogens with one attached hydrogen (secondary N) is 1. The van der Waals surface area contributed by atoms with Crippen LogP contribution in [0, 0.1) is 18.2 Å². The summed E-state index contributed by atoms with van der Waals surface area (Å²) in [5, 5.41) is 0. The van der Waals surface area contributed by atoms with E-state index in [0.29, 0.717) is 0 Å². The first-order valence-corrected chi connectivity index (χ1v) is 7.31. The average Bonchev–Trinajstić information content (AvgIpc) is 2.31. The van der Waals surface area contributed by atoms with Crippen molar-refractivity contribution in [1.29, 1.82) is 0 Å². The number of nitrogens with two attached hydrogens (primary N) is 2. The molecular weight excluding hydrogens is 285 g/mol. The van der Waals surface area contributed by atoms with Gasteiger partial charge >= 0.3 is 0 Å². The maximum Gasteiger partial charge on any atom is 0.240 e. The van der Waals surface area contributed by atoms with Gasteiger partial charge in [0.25, 0.3) is 0 Å². The first-order valence-electron chi connectivity index (χ1n) is 5.82. The molecule has 0 atom stereocenters. The fraction of sp³-hybridized carbons (Fsp3) is 0.417. The van der Waals surface area contributed by atoms with Crippen LogP contribution in [0.2, 0.25) is 0 Å². The molecule has 0 aliphatic carbocycles. The fourth-order valence-electron chi connectivity index (χ4n) is 1.40. The molecule has 0 saturated heterocycles. The molecule has 0 aliphatic rings. The summed E-state index contributed by atoms with van der Waals surface area (Å²) in [4.78, 5) is 11.0. The van der Waals surface area contributed by atoms with E-state index in [1.54, 1.807) is 0 Å². The van der Waals surface area contributed by atoms with Crippen molar-refractivity contribution in [3.63, 3.8) is 0 Å². The molecular formula is C12H18FN3O3S. The lowest BCUT2D eigenvalue weighted by Crippen LogP contribution is -2.42. The van der Waals surface area contributed by atoms with Gasteiger partial charge in [0.15, 0.2) is 0 Å². The first kappa shape index (κ1) is 16.4. The lowest BCUT2D eigenvalue weighted by molar-refractivity contribution is -0.125. The van der Waals surface area contributed by atoms with Gasteiger partial charge in [-0.1, -0.05) is 0 Å². The van der Waals surface area contributed by atoms with E-state index >= 15 is 0 Å². The summed E-state index contributed by atoms with van der Waals surface area (Å²) in [7, 11) is -3.90. The summed E-state index contributed by atoms with van der Waals surface area (Å²) in [5.41, 5.74) is 9.47. The van der Waals surface area contributed by atoms with Crippen molar-refractivity contribution < 1.29 is 17.6 Å². The molecule has 1 aromatic carbocycles. The number of rotatable bonds is 5. The van der Waals surface area contributed by atoms with Gasteiger partial charge in [-0.05, 0) is 38.5 Å². The molecule has 1 aromatic rings. The number of carbonyl (C=O) groups is 1. The molecule has 8 heteroatoms. The van der Waals surface area contributed by atoms with Crippen molar-refractivity contribution in [3.8, 4) is 0 Å². The molecule has 6 nitrogen and oxygen atoms in total. The summed E-state index contributed by atoms with van der Waals surface area (Å²) >= 11 is 0. The minimum absolute atomic E-state index is 0.128. The number of primary amides is 1. The molecule has 0 bridgehead atoms. The second-order valence-electron chi connectivity index (χ2n) is 5.21. The van der Waals surface area contributed by atoms with E-state index in [1.165, 1.54) is 20.8 Å². The minimum atomic E-state index is -3.90. The highest BCUT2D eigenvalue weighted by atomic mass is 32.2. The summed E-state index contributed by atoms with van der Waals surface area (Å²) in [6.45, 7) is 4.32. The van der Waals surface area contributed by atoms with Crippen LogP contribution < -0.4 is 16.2 Å². The second-order valence-corrected chi connectivity index (χ2v) is 6.95. The highest BCUT2D eigenvalue weighted by Gasteiger charge is 2.28. The normalized spacial score (nSPS) is 12.4. The predicted molar refractivity (Wildman–Crippen MR) is 73.7 cm³/mol. The average molecular weight is 303 g/mol. The summed E-state index contributed by atoms with van der Waals surface area (Å²) in [6, 6.07) is 2.09. The van der Waals surface area contributed by atoms with Gasteiger partial charge in [0.2, 0.25) is 15.9 Å². The van der Waals surface area contributed by atoms with Crippen LogP contribution in [0.15, 0.2) is 17.0 Å². The Balaban J connectivity index is 3.07. The van der Waals surface area contributed by atoms with Crippen LogP contribution in [0.5, 0.6) is 0 Å². The number of benzene rings is 1. The lowest BCUT2D eigenvalue weighted by Gasteiger charge is -2.21. The van der Waals surface area contributed by atoms with Crippen molar-refractivity contribution in [2.24, 2.45) is 11.1 Å². The van der Waals surface area contributed by atoms with E-state index in [4.69, 9.17) is 11.5 Å². The van der Waals surface area contributed by atoms with E-state index in [1.807, 2.05) is 0 Å². The number of amides is 1. The minimum Gasteiger partial charge on any atom is -0.396 e. The van der Waals surface area contributed by atoms with Crippen LogP contribution in [-0.4, -0.2) is 20.9 Å². The standard InChI is InChI=1S/C12H18FN3O3S/c1-7-4-8(13)9(14)5-10(7)20(18,19)16-6-12(2,3)11(15)17/h4-5,16H,6,14H2,1-3H3,(H2,15,17). The molecule has 0 unspecified atom stereocenters. The Morgan fingerprint density at radius 3 is 2.45 bits per heavy atom. The zero-order chi connectivity index (χ0) is 15.7. The molecule has 0 saturated carbocycles. The van der Waals surface area contributed by atoms with E-state index < -0.39 is 27.2 Å². The predicted octanol–water partition coefficient (Wildman–Crippen LogP) is 0.506. The van der Waals surface area contributed by atoms with E-state index in [2.05, 4.69) is 4.72 Å². The van der Waals surface area contributed by atoms with Gasteiger partial charge in [0.05, 0.1) is 16.0 Å². The monoisotopic (exact) mass is 303 g/mol. The molecule has 112 valence electrons. The third-order valence-corrected chi connectivity index (χ3v) is 4.50. The Labute approximate surface area is 117 Å². The van der Waals surface area contributed by atoms with E-state index in [-0.39, 0.29) is 22.7 Å². The number of aryl methyl sites for hydroxylation is 1. The second kappa shape index (κ2) is 5.37. The van der Waals surface area contributed by atoms with E-state index in [0.717, 1.165) is 12.1 Å². The Hall–Kier alpha value is -1.67. The Bertz CT molecular complexity index is 642. The van der Waals surface area contributed by atoms with Crippen molar-refractivity contribution in [2.75, 3.05) is 12.3 Å². The summed E-state index contributed by atoms with van der Waals surface area (Å²) in [5.74, 6) is -1.31. The maximum absolute atomic E-state index is 13.2. The molecule has 0 aliphatic heterocycles. The van der Waals surface area contributed by atoms with Crippen molar-refractivity contribution in [2.45, 2.75) is 25.7 Å². The number of hydrogen-bond donors (Lipinski definition) is 3. The van der Waals surface area contributed by atoms with Crippen molar-refractivity contribution in [1.82, 2.24) is 4.72 Å². The van der Waals surface area contributed by atoms with Gasteiger partial charge < -0.3 is 11.5 Å². The Morgan fingerprint density at radius 1 is 1.40 bits per heavy atom. The van der Waals surface area contributed by atoms with Gasteiger partial charge in [-0.25, -0.2) is 17.5 Å². The molecule has 0 radical (unpaired) electrons. The molecule has 0 fully saturated rings. The van der Waals surface area contributed by atoms with Crippen LogP contribution in [0.3, 0.4) is 0 Å². The molecule has 20 heavy (non-hydrogen) atoms. The van der Waals surface area contributed by atoms with Gasteiger partial charge in [-0.15, -0.1) is 0 Å². The number of anilines is 1.